The summed E-state index contributed by atoms with van der Waals surface area (Å²) in [6.07, 6.45) is 4.72. The molecule has 0 spiro atoms. The van der Waals surface area contributed by atoms with Gasteiger partial charge in [0.15, 0.2) is 0 Å². The average Bonchev–Trinajstić information content (AvgIpc) is 3.32. The Morgan fingerprint density at radius 3 is 2.62 bits per heavy atom. The zero-order valence-corrected chi connectivity index (χ0v) is 15.6. The van der Waals surface area contributed by atoms with E-state index in [4.69, 9.17) is 0 Å². The number of hydrogen-bond donors (Lipinski definition) is 1. The van der Waals surface area contributed by atoms with Gasteiger partial charge in [0, 0.05) is 30.9 Å². The Kier molecular flexibility index (Phi) is 5.16. The maximum absolute atomic E-state index is 12.2. The molecule has 1 aliphatic rings. The fourth-order valence-corrected chi connectivity index (χ4v) is 4.39. The number of nitrogens with one attached hydrogen (secondary N) is 1. The van der Waals surface area contributed by atoms with Crippen molar-refractivity contribution in [3.63, 3.8) is 0 Å². The number of aryl methyl sites for hydroxylation is 1. The van der Waals surface area contributed by atoms with Gasteiger partial charge in [-0.25, -0.2) is 4.98 Å². The molecule has 5 heteroatoms. The largest absolute Gasteiger partial charge is 0.372 e. The van der Waals surface area contributed by atoms with Crippen molar-refractivity contribution >= 4 is 38.8 Å². The molecule has 0 aliphatic carbocycles. The van der Waals surface area contributed by atoms with E-state index in [1.807, 2.05) is 30.3 Å². The summed E-state index contributed by atoms with van der Waals surface area (Å²) in [7, 11) is 0. The van der Waals surface area contributed by atoms with Gasteiger partial charge < -0.3 is 10.2 Å². The highest BCUT2D eigenvalue weighted by Gasteiger charge is 2.12. The molecule has 2 heterocycles. The molecule has 3 aromatic rings. The molecule has 1 aromatic heterocycles. The lowest BCUT2D eigenvalue weighted by atomic mass is 10.2. The molecule has 2 aromatic carbocycles. The average molecular weight is 366 g/mol. The van der Waals surface area contributed by atoms with Gasteiger partial charge in [-0.05, 0) is 62.1 Å². The minimum absolute atomic E-state index is 0.0695. The number of thiazole rings is 1. The van der Waals surface area contributed by atoms with E-state index in [9.17, 15) is 4.79 Å². The monoisotopic (exact) mass is 365 g/mol. The molecule has 1 fully saturated rings. The van der Waals surface area contributed by atoms with Crippen LogP contribution in [0.3, 0.4) is 0 Å². The first-order chi connectivity index (χ1) is 12.8. The number of hydrogen-bond acceptors (Lipinski definition) is 4. The number of fused-ring (bicyclic) bond motifs is 1. The van der Waals surface area contributed by atoms with Crippen LogP contribution in [-0.2, 0) is 11.2 Å². The van der Waals surface area contributed by atoms with Crippen LogP contribution in [0.15, 0.2) is 48.5 Å². The molecule has 0 radical (unpaired) electrons. The normalized spacial score (nSPS) is 14.1. The third kappa shape index (κ3) is 4.05. The standard InChI is InChI=1S/C21H23N3OS/c25-20(8-5-9-21-23-18-6-1-2-7-19(18)26-21)22-16-10-12-17(13-11-16)24-14-3-4-15-24/h1-2,6-7,10-13H,3-5,8-9,14-15H2,(H,22,25). The molecular weight excluding hydrogens is 342 g/mol. The molecule has 1 N–H and O–H groups in total. The number of rotatable bonds is 6. The Hall–Kier alpha value is -2.40. The molecule has 4 nitrogen and oxygen atoms in total. The van der Waals surface area contributed by atoms with E-state index in [1.165, 1.54) is 23.2 Å². The van der Waals surface area contributed by atoms with Gasteiger partial charge >= 0.3 is 0 Å². The molecule has 1 saturated heterocycles. The molecular formula is C21H23N3OS. The first kappa shape index (κ1) is 17.0. The smallest absolute Gasteiger partial charge is 0.224 e. The van der Waals surface area contributed by atoms with Gasteiger partial charge in [-0.2, -0.15) is 0 Å². The Bertz CT molecular complexity index is 849. The summed E-state index contributed by atoms with van der Waals surface area (Å²) in [5.41, 5.74) is 3.17. The molecule has 4 rings (SSSR count). The number of carbonyl (C=O) groups excluding carboxylic acids is 1. The first-order valence-electron chi connectivity index (χ1n) is 9.27. The Labute approximate surface area is 157 Å². The lowest BCUT2D eigenvalue weighted by Crippen LogP contribution is -2.17. The second-order valence-electron chi connectivity index (χ2n) is 6.72. The number of anilines is 2. The van der Waals surface area contributed by atoms with Crippen molar-refractivity contribution in [3.05, 3.63) is 53.5 Å². The van der Waals surface area contributed by atoms with Crippen LogP contribution in [0.2, 0.25) is 0 Å². The molecule has 1 aliphatic heterocycles. The van der Waals surface area contributed by atoms with Gasteiger partial charge in [-0.15, -0.1) is 11.3 Å². The number of para-hydroxylation sites is 1. The summed E-state index contributed by atoms with van der Waals surface area (Å²) >= 11 is 1.72. The zero-order valence-electron chi connectivity index (χ0n) is 14.8. The van der Waals surface area contributed by atoms with E-state index >= 15 is 0 Å². The number of aromatic nitrogens is 1. The van der Waals surface area contributed by atoms with E-state index in [0.29, 0.717) is 6.42 Å². The minimum Gasteiger partial charge on any atom is -0.372 e. The molecule has 0 bridgehead atoms. The van der Waals surface area contributed by atoms with Crippen molar-refractivity contribution < 1.29 is 4.79 Å². The molecule has 134 valence electrons. The predicted octanol–water partition coefficient (Wildman–Crippen LogP) is 4.86. The van der Waals surface area contributed by atoms with Gasteiger partial charge in [0.05, 0.1) is 15.2 Å². The highest BCUT2D eigenvalue weighted by atomic mass is 32.1. The van der Waals surface area contributed by atoms with E-state index < -0.39 is 0 Å². The first-order valence-corrected chi connectivity index (χ1v) is 10.1. The van der Waals surface area contributed by atoms with E-state index in [-0.39, 0.29) is 5.91 Å². The topological polar surface area (TPSA) is 45.2 Å². The van der Waals surface area contributed by atoms with Crippen molar-refractivity contribution in [1.29, 1.82) is 0 Å². The summed E-state index contributed by atoms with van der Waals surface area (Å²) in [6.45, 7) is 2.27. The molecule has 0 saturated carbocycles. The lowest BCUT2D eigenvalue weighted by molar-refractivity contribution is -0.116. The van der Waals surface area contributed by atoms with Crippen molar-refractivity contribution in [2.75, 3.05) is 23.3 Å². The summed E-state index contributed by atoms with van der Waals surface area (Å²) in [5.74, 6) is 0.0695. The second kappa shape index (κ2) is 7.87. The number of benzene rings is 2. The van der Waals surface area contributed by atoms with Crippen LogP contribution >= 0.6 is 11.3 Å². The molecule has 0 unspecified atom stereocenters. The van der Waals surface area contributed by atoms with Crippen molar-refractivity contribution in [3.8, 4) is 0 Å². The second-order valence-corrected chi connectivity index (χ2v) is 7.83. The van der Waals surface area contributed by atoms with E-state index in [1.54, 1.807) is 11.3 Å². The third-order valence-electron chi connectivity index (χ3n) is 4.75. The van der Waals surface area contributed by atoms with Crippen molar-refractivity contribution in [1.82, 2.24) is 4.98 Å². The van der Waals surface area contributed by atoms with Crippen molar-refractivity contribution in [2.45, 2.75) is 32.1 Å². The predicted molar refractivity (Wildman–Crippen MR) is 109 cm³/mol. The fourth-order valence-electron chi connectivity index (χ4n) is 3.38. The van der Waals surface area contributed by atoms with E-state index in [0.717, 1.165) is 42.1 Å². The number of carbonyl (C=O) groups is 1. The maximum Gasteiger partial charge on any atom is 0.224 e. The van der Waals surface area contributed by atoms with Crippen LogP contribution in [0.25, 0.3) is 10.2 Å². The summed E-state index contributed by atoms with van der Waals surface area (Å²) in [4.78, 5) is 19.2. The quantitative estimate of drug-likeness (QED) is 0.679. The summed E-state index contributed by atoms with van der Waals surface area (Å²) < 4.78 is 1.21. The van der Waals surface area contributed by atoms with Gasteiger partial charge in [-0.3, -0.25) is 4.79 Å². The minimum atomic E-state index is 0.0695. The zero-order chi connectivity index (χ0) is 17.8. The highest BCUT2D eigenvalue weighted by Crippen LogP contribution is 2.24. The SMILES string of the molecule is O=C(CCCc1nc2ccccc2s1)Nc1ccc(N2CCCC2)cc1. The van der Waals surface area contributed by atoms with Crippen LogP contribution in [0.1, 0.15) is 30.7 Å². The molecule has 26 heavy (non-hydrogen) atoms. The Balaban J connectivity index is 1.25. The van der Waals surface area contributed by atoms with Gasteiger partial charge in [-0.1, -0.05) is 12.1 Å². The Morgan fingerprint density at radius 1 is 1.08 bits per heavy atom. The summed E-state index contributed by atoms with van der Waals surface area (Å²) in [5, 5.41) is 4.10. The van der Waals surface area contributed by atoms with Gasteiger partial charge in [0.25, 0.3) is 0 Å². The fraction of sp³-hybridized carbons (Fsp3) is 0.333. The van der Waals surface area contributed by atoms with Crippen molar-refractivity contribution in [2.24, 2.45) is 0 Å². The molecule has 0 atom stereocenters. The van der Waals surface area contributed by atoms with E-state index in [2.05, 4.69) is 33.4 Å². The number of amides is 1. The van der Waals surface area contributed by atoms with Gasteiger partial charge in [0.1, 0.15) is 0 Å². The van der Waals surface area contributed by atoms with Crippen LogP contribution in [0.5, 0.6) is 0 Å². The van der Waals surface area contributed by atoms with Crippen LogP contribution in [-0.4, -0.2) is 24.0 Å². The maximum atomic E-state index is 12.2. The van der Waals surface area contributed by atoms with Crippen LogP contribution in [0.4, 0.5) is 11.4 Å². The number of nitrogens with zero attached hydrogens (tertiary/aromatic N) is 2. The highest BCUT2D eigenvalue weighted by molar-refractivity contribution is 7.18. The lowest BCUT2D eigenvalue weighted by Gasteiger charge is -2.17. The summed E-state index contributed by atoms with van der Waals surface area (Å²) in [6, 6.07) is 16.4. The van der Waals surface area contributed by atoms with Crippen LogP contribution < -0.4 is 10.2 Å². The third-order valence-corrected chi connectivity index (χ3v) is 5.85. The Morgan fingerprint density at radius 2 is 1.85 bits per heavy atom. The molecule has 1 amide bonds. The van der Waals surface area contributed by atoms with Gasteiger partial charge in [0.2, 0.25) is 5.91 Å². The van der Waals surface area contributed by atoms with Crippen LogP contribution in [0, 0.1) is 0 Å².